The van der Waals surface area contributed by atoms with Crippen LogP contribution in [0, 0.1) is 0 Å². The van der Waals surface area contributed by atoms with Crippen LogP contribution in [0.2, 0.25) is 0 Å². The van der Waals surface area contributed by atoms with Crippen molar-refractivity contribution in [1.82, 2.24) is 0 Å². The number of hydrogen-bond donors (Lipinski definition) is 0. The molecule has 0 radical (unpaired) electrons. The van der Waals surface area contributed by atoms with Crippen molar-refractivity contribution >= 4 is 5.57 Å². The average molecular weight is 335 g/mol. The summed E-state index contributed by atoms with van der Waals surface area (Å²) in [4.78, 5) is 0. The first-order valence-electron chi connectivity index (χ1n) is 9.19. The highest BCUT2D eigenvalue weighted by Gasteiger charge is 2.36. The van der Waals surface area contributed by atoms with Crippen molar-refractivity contribution in [3.05, 3.63) is 71.3 Å². The topological polar surface area (TPSA) is 9.23 Å². The zero-order valence-corrected chi connectivity index (χ0v) is 16.3. The molecule has 1 aliphatic rings. The predicted molar refractivity (Wildman–Crippen MR) is 107 cm³/mol. The molecule has 25 heavy (non-hydrogen) atoms. The summed E-state index contributed by atoms with van der Waals surface area (Å²) in [5, 5.41) is 0. The Morgan fingerprint density at radius 3 is 2.12 bits per heavy atom. The number of allylic oxidation sites excluding steroid dienone is 1. The number of ether oxygens (including phenoxy) is 1. The molecule has 0 spiro atoms. The van der Waals surface area contributed by atoms with Gasteiger partial charge in [-0.1, -0.05) is 64.6 Å². The number of benzene rings is 2. The highest BCUT2D eigenvalue weighted by molar-refractivity contribution is 5.67. The van der Waals surface area contributed by atoms with E-state index < -0.39 is 0 Å². The third kappa shape index (κ3) is 3.51. The highest BCUT2D eigenvalue weighted by atomic mass is 16.5. The van der Waals surface area contributed by atoms with Crippen LogP contribution < -0.4 is 4.74 Å². The summed E-state index contributed by atoms with van der Waals surface area (Å²) < 4.78 is 5.24. The van der Waals surface area contributed by atoms with Gasteiger partial charge in [0.1, 0.15) is 5.75 Å². The number of fused-ring (bicyclic) bond motifs is 1. The van der Waals surface area contributed by atoms with Crippen molar-refractivity contribution in [3.8, 4) is 5.75 Å². The van der Waals surface area contributed by atoms with Crippen molar-refractivity contribution in [2.75, 3.05) is 7.11 Å². The first-order valence-corrected chi connectivity index (χ1v) is 9.19. The molecule has 0 aliphatic heterocycles. The fraction of sp³-hybridized carbons (Fsp3) is 0.417. The van der Waals surface area contributed by atoms with Crippen molar-refractivity contribution in [2.24, 2.45) is 0 Å². The summed E-state index contributed by atoms with van der Waals surface area (Å²) in [5.41, 5.74) is 7.21. The van der Waals surface area contributed by atoms with Crippen LogP contribution >= 0.6 is 0 Å². The summed E-state index contributed by atoms with van der Waals surface area (Å²) >= 11 is 0. The van der Waals surface area contributed by atoms with Gasteiger partial charge in [-0.05, 0) is 70.1 Å². The lowest BCUT2D eigenvalue weighted by Crippen LogP contribution is -2.33. The van der Waals surface area contributed by atoms with Gasteiger partial charge < -0.3 is 4.74 Å². The minimum Gasteiger partial charge on any atom is -0.497 e. The second kappa shape index (κ2) is 6.37. The molecule has 2 aromatic carbocycles. The molecule has 1 heteroatoms. The summed E-state index contributed by atoms with van der Waals surface area (Å²) in [6.45, 7) is 13.8. The van der Waals surface area contributed by atoms with Crippen LogP contribution in [0.5, 0.6) is 5.75 Å². The largest absolute Gasteiger partial charge is 0.497 e. The van der Waals surface area contributed by atoms with Crippen LogP contribution in [-0.4, -0.2) is 7.11 Å². The molecule has 3 rings (SSSR count). The van der Waals surface area contributed by atoms with Gasteiger partial charge in [0.15, 0.2) is 0 Å². The van der Waals surface area contributed by atoms with Crippen molar-refractivity contribution in [2.45, 2.75) is 57.8 Å². The van der Waals surface area contributed by atoms with E-state index in [-0.39, 0.29) is 10.8 Å². The smallest absolute Gasteiger partial charge is 0.118 e. The number of rotatable bonds is 4. The van der Waals surface area contributed by atoms with Crippen LogP contribution in [0.25, 0.3) is 5.57 Å². The maximum absolute atomic E-state index is 5.24. The summed E-state index contributed by atoms with van der Waals surface area (Å²) in [6.07, 6.45) is 3.35. The second-order valence-electron chi connectivity index (χ2n) is 8.66. The molecule has 132 valence electrons. The van der Waals surface area contributed by atoms with E-state index in [1.807, 2.05) is 12.1 Å². The van der Waals surface area contributed by atoms with Gasteiger partial charge in [-0.25, -0.2) is 0 Å². The summed E-state index contributed by atoms with van der Waals surface area (Å²) in [5.74, 6) is 0.895. The minimum atomic E-state index is 0.237. The Labute approximate surface area is 152 Å². The van der Waals surface area contributed by atoms with E-state index in [9.17, 15) is 0 Å². The molecule has 0 unspecified atom stereocenters. The van der Waals surface area contributed by atoms with Gasteiger partial charge in [0.25, 0.3) is 0 Å². The second-order valence-corrected chi connectivity index (χ2v) is 8.66. The van der Waals surface area contributed by atoms with Crippen molar-refractivity contribution < 1.29 is 4.74 Å². The van der Waals surface area contributed by atoms with Gasteiger partial charge in [0, 0.05) is 0 Å². The Morgan fingerprint density at radius 2 is 1.52 bits per heavy atom. The lowest BCUT2D eigenvalue weighted by molar-refractivity contribution is 0.332. The molecule has 0 bridgehead atoms. The van der Waals surface area contributed by atoms with Gasteiger partial charge in [-0.3, -0.25) is 0 Å². The SMILES string of the molecule is C=C(Cc1ccc(OC)cc1)c1ccc2c(c1)C(C)(C)CCC2(C)C. The maximum Gasteiger partial charge on any atom is 0.118 e. The van der Waals surface area contributed by atoms with Crippen LogP contribution in [0.4, 0.5) is 0 Å². The van der Waals surface area contributed by atoms with Crippen LogP contribution in [0.15, 0.2) is 49.0 Å². The van der Waals surface area contributed by atoms with E-state index in [1.54, 1.807) is 7.11 Å². The Morgan fingerprint density at radius 1 is 0.920 bits per heavy atom. The van der Waals surface area contributed by atoms with Gasteiger partial charge in [0.2, 0.25) is 0 Å². The lowest BCUT2D eigenvalue weighted by atomic mass is 9.63. The fourth-order valence-electron chi connectivity index (χ4n) is 3.90. The number of methoxy groups -OCH3 is 1. The molecule has 1 aliphatic carbocycles. The predicted octanol–water partition coefficient (Wildman–Crippen LogP) is 6.30. The first kappa shape index (κ1) is 17.8. The van der Waals surface area contributed by atoms with E-state index >= 15 is 0 Å². The molecular weight excluding hydrogens is 304 g/mol. The van der Waals surface area contributed by atoms with E-state index in [4.69, 9.17) is 4.74 Å². The Kier molecular flexibility index (Phi) is 4.53. The van der Waals surface area contributed by atoms with E-state index in [0.29, 0.717) is 0 Å². The zero-order chi connectivity index (χ0) is 18.2. The quantitative estimate of drug-likeness (QED) is 0.637. The molecule has 1 nitrogen and oxygen atoms in total. The molecular formula is C24H30O. The Hall–Kier alpha value is -2.02. The molecule has 0 saturated heterocycles. The molecule has 0 N–H and O–H groups in total. The fourth-order valence-corrected chi connectivity index (χ4v) is 3.90. The van der Waals surface area contributed by atoms with Crippen molar-refractivity contribution in [3.63, 3.8) is 0 Å². The molecule has 0 heterocycles. The standard InChI is InChI=1S/C24H30O/c1-17(15-18-7-10-20(25-6)11-8-18)19-9-12-21-22(16-19)24(4,5)14-13-23(21,2)3/h7-12,16H,1,13-15H2,2-6H3. The number of hydrogen-bond acceptors (Lipinski definition) is 1. The normalized spacial score (nSPS) is 17.6. The van der Waals surface area contributed by atoms with Crippen LogP contribution in [-0.2, 0) is 17.3 Å². The molecule has 0 saturated carbocycles. The summed E-state index contributed by atoms with van der Waals surface area (Å²) in [7, 11) is 1.70. The van der Waals surface area contributed by atoms with Crippen molar-refractivity contribution in [1.29, 1.82) is 0 Å². The molecule has 0 amide bonds. The Balaban J connectivity index is 1.89. The Bertz CT molecular complexity index is 778. The van der Waals surface area contributed by atoms with Crippen LogP contribution in [0.1, 0.15) is 62.8 Å². The van der Waals surface area contributed by atoms with Gasteiger partial charge in [-0.15, -0.1) is 0 Å². The van der Waals surface area contributed by atoms with Gasteiger partial charge in [0.05, 0.1) is 7.11 Å². The van der Waals surface area contributed by atoms with Gasteiger partial charge >= 0.3 is 0 Å². The zero-order valence-electron chi connectivity index (χ0n) is 16.3. The molecule has 0 atom stereocenters. The maximum atomic E-state index is 5.24. The van der Waals surface area contributed by atoms with E-state index in [2.05, 4.69) is 64.6 Å². The first-order chi connectivity index (χ1) is 11.7. The molecule has 0 aromatic heterocycles. The molecule has 2 aromatic rings. The van der Waals surface area contributed by atoms with E-state index in [0.717, 1.165) is 12.2 Å². The lowest BCUT2D eigenvalue weighted by Gasteiger charge is -2.42. The van der Waals surface area contributed by atoms with Crippen LogP contribution in [0.3, 0.4) is 0 Å². The highest BCUT2D eigenvalue weighted by Crippen LogP contribution is 2.46. The third-order valence-electron chi connectivity index (χ3n) is 5.84. The monoisotopic (exact) mass is 334 g/mol. The van der Waals surface area contributed by atoms with E-state index in [1.165, 1.54) is 40.7 Å². The summed E-state index contributed by atoms with van der Waals surface area (Å²) in [6, 6.07) is 15.3. The van der Waals surface area contributed by atoms with Gasteiger partial charge in [-0.2, -0.15) is 0 Å². The third-order valence-corrected chi connectivity index (χ3v) is 5.84. The molecule has 0 fully saturated rings. The average Bonchev–Trinajstić information content (AvgIpc) is 2.59. The minimum absolute atomic E-state index is 0.237.